The van der Waals surface area contributed by atoms with E-state index in [9.17, 15) is 4.79 Å². The molecule has 0 saturated heterocycles. The lowest BCUT2D eigenvalue weighted by Crippen LogP contribution is -2.07. The number of oxazole rings is 1. The highest BCUT2D eigenvalue weighted by molar-refractivity contribution is 5.91. The fourth-order valence-electron chi connectivity index (χ4n) is 4.01. The van der Waals surface area contributed by atoms with Gasteiger partial charge in [-0.25, -0.2) is 14.5 Å². The second-order valence-electron chi connectivity index (χ2n) is 8.80. The molecule has 0 aliphatic heterocycles. The highest BCUT2D eigenvalue weighted by Crippen LogP contribution is 2.31. The SMILES string of the molecule is CCOC(=O)c1cn(-c2ccccc2)nc1OCc1ccc(OCc2nc(-c3ccccc3)oc2C)c(OC)c1. The molecule has 0 aliphatic carbocycles. The van der Waals surface area contributed by atoms with E-state index in [1.807, 2.05) is 79.7 Å². The van der Waals surface area contributed by atoms with Gasteiger partial charge in [-0.1, -0.05) is 42.5 Å². The van der Waals surface area contributed by atoms with E-state index in [0.717, 1.165) is 16.8 Å². The third-order valence-corrected chi connectivity index (χ3v) is 6.08. The Labute approximate surface area is 231 Å². The Bertz CT molecular complexity index is 1580. The van der Waals surface area contributed by atoms with Crippen LogP contribution in [-0.2, 0) is 18.0 Å². The molecule has 9 nitrogen and oxygen atoms in total. The lowest BCUT2D eigenvalue weighted by Gasteiger charge is -2.12. The lowest BCUT2D eigenvalue weighted by atomic mass is 10.2. The molecule has 0 atom stereocenters. The Kier molecular flexibility index (Phi) is 8.10. The quantitative estimate of drug-likeness (QED) is 0.184. The molecule has 0 unspecified atom stereocenters. The predicted octanol–water partition coefficient (Wildman–Crippen LogP) is 6.18. The van der Waals surface area contributed by atoms with Crippen molar-refractivity contribution >= 4 is 5.97 Å². The summed E-state index contributed by atoms with van der Waals surface area (Å²) in [5.74, 6) is 2.00. The molecule has 0 saturated carbocycles. The van der Waals surface area contributed by atoms with Crippen LogP contribution in [0.15, 0.2) is 89.5 Å². The van der Waals surface area contributed by atoms with Gasteiger partial charge >= 0.3 is 5.97 Å². The van der Waals surface area contributed by atoms with Gasteiger partial charge in [0, 0.05) is 11.8 Å². The average molecular weight is 540 g/mol. The topological polar surface area (TPSA) is 97.8 Å². The number of para-hydroxylation sites is 1. The van der Waals surface area contributed by atoms with Crippen LogP contribution in [0.25, 0.3) is 17.1 Å². The zero-order valence-electron chi connectivity index (χ0n) is 22.5. The number of aromatic nitrogens is 3. The van der Waals surface area contributed by atoms with E-state index >= 15 is 0 Å². The van der Waals surface area contributed by atoms with Gasteiger partial charge in [0.2, 0.25) is 11.8 Å². The molecule has 0 amide bonds. The minimum Gasteiger partial charge on any atom is -0.493 e. The van der Waals surface area contributed by atoms with Crippen LogP contribution in [0.2, 0.25) is 0 Å². The van der Waals surface area contributed by atoms with Crippen LogP contribution in [0.5, 0.6) is 17.4 Å². The van der Waals surface area contributed by atoms with Crippen molar-refractivity contribution < 1.29 is 28.2 Å². The number of methoxy groups -OCH3 is 1. The van der Waals surface area contributed by atoms with E-state index in [1.165, 1.54) is 0 Å². The maximum absolute atomic E-state index is 12.6. The van der Waals surface area contributed by atoms with E-state index in [4.69, 9.17) is 23.4 Å². The molecule has 9 heteroatoms. The van der Waals surface area contributed by atoms with E-state index in [0.29, 0.717) is 28.8 Å². The highest BCUT2D eigenvalue weighted by Gasteiger charge is 2.20. The molecule has 0 bridgehead atoms. The van der Waals surface area contributed by atoms with Crippen LogP contribution >= 0.6 is 0 Å². The van der Waals surface area contributed by atoms with Crippen molar-refractivity contribution in [1.82, 2.24) is 14.8 Å². The van der Waals surface area contributed by atoms with Crippen LogP contribution in [0.4, 0.5) is 0 Å². The van der Waals surface area contributed by atoms with E-state index in [1.54, 1.807) is 31.0 Å². The van der Waals surface area contributed by atoms with Crippen molar-refractivity contribution in [2.45, 2.75) is 27.1 Å². The number of rotatable bonds is 11. The molecule has 40 heavy (non-hydrogen) atoms. The average Bonchev–Trinajstić information content (AvgIpc) is 3.60. The molecule has 2 aromatic heterocycles. The number of aryl methyl sites for hydroxylation is 1. The predicted molar refractivity (Wildman–Crippen MR) is 148 cm³/mol. The first-order valence-corrected chi connectivity index (χ1v) is 12.8. The van der Waals surface area contributed by atoms with E-state index < -0.39 is 5.97 Å². The summed E-state index contributed by atoms with van der Waals surface area (Å²) in [7, 11) is 1.57. The van der Waals surface area contributed by atoms with Gasteiger partial charge in [-0.2, -0.15) is 0 Å². The first-order chi connectivity index (χ1) is 19.6. The minimum atomic E-state index is -0.500. The van der Waals surface area contributed by atoms with Gasteiger partial charge < -0.3 is 23.4 Å². The summed E-state index contributed by atoms with van der Waals surface area (Å²) in [6.07, 6.45) is 1.61. The second kappa shape index (κ2) is 12.2. The van der Waals surface area contributed by atoms with Gasteiger partial charge in [0.1, 0.15) is 30.2 Å². The Morgan fingerprint density at radius 3 is 2.40 bits per heavy atom. The van der Waals surface area contributed by atoms with Crippen molar-refractivity contribution in [3.8, 4) is 34.5 Å². The molecule has 2 heterocycles. The minimum absolute atomic E-state index is 0.150. The molecule has 0 fully saturated rings. The molecule has 0 aliphatic rings. The number of hydrogen-bond donors (Lipinski definition) is 0. The zero-order valence-corrected chi connectivity index (χ0v) is 22.5. The van der Waals surface area contributed by atoms with Crippen molar-refractivity contribution in [1.29, 1.82) is 0 Å². The van der Waals surface area contributed by atoms with Gasteiger partial charge in [-0.05, 0) is 55.8 Å². The fraction of sp³-hybridized carbons (Fsp3) is 0.194. The first-order valence-electron chi connectivity index (χ1n) is 12.8. The van der Waals surface area contributed by atoms with E-state index in [2.05, 4.69) is 10.1 Å². The molecular formula is C31H29N3O6. The van der Waals surface area contributed by atoms with Crippen LogP contribution in [-0.4, -0.2) is 34.5 Å². The number of benzene rings is 3. The number of ether oxygens (including phenoxy) is 4. The Hall–Kier alpha value is -5.05. The number of carbonyl (C=O) groups excluding carboxylic acids is 1. The number of carbonyl (C=O) groups is 1. The summed E-state index contributed by atoms with van der Waals surface area (Å²) in [6, 6.07) is 24.7. The number of nitrogens with zero attached hydrogens (tertiary/aromatic N) is 3. The van der Waals surface area contributed by atoms with Crippen molar-refractivity contribution in [2.75, 3.05) is 13.7 Å². The molecule has 204 valence electrons. The van der Waals surface area contributed by atoms with Gasteiger partial charge in [-0.15, -0.1) is 5.10 Å². The van der Waals surface area contributed by atoms with Crippen LogP contribution in [0.3, 0.4) is 0 Å². The Morgan fingerprint density at radius 1 is 0.925 bits per heavy atom. The molecule has 5 rings (SSSR count). The second-order valence-corrected chi connectivity index (χ2v) is 8.80. The van der Waals surface area contributed by atoms with Crippen molar-refractivity contribution in [3.63, 3.8) is 0 Å². The summed E-state index contributed by atoms with van der Waals surface area (Å²) in [5.41, 5.74) is 3.45. The van der Waals surface area contributed by atoms with Crippen molar-refractivity contribution in [3.05, 3.63) is 108 Å². The number of esters is 1. The largest absolute Gasteiger partial charge is 0.493 e. The van der Waals surface area contributed by atoms with Crippen LogP contribution in [0.1, 0.15) is 34.3 Å². The van der Waals surface area contributed by atoms with Crippen molar-refractivity contribution in [2.24, 2.45) is 0 Å². The highest BCUT2D eigenvalue weighted by atomic mass is 16.5. The summed E-state index contributed by atoms with van der Waals surface area (Å²) in [4.78, 5) is 17.1. The molecule has 3 aromatic carbocycles. The fourth-order valence-corrected chi connectivity index (χ4v) is 4.01. The first kappa shape index (κ1) is 26.6. The molecule has 0 radical (unpaired) electrons. The van der Waals surface area contributed by atoms with E-state index in [-0.39, 0.29) is 31.3 Å². The third-order valence-electron chi connectivity index (χ3n) is 6.08. The smallest absolute Gasteiger partial charge is 0.345 e. The number of hydrogen-bond acceptors (Lipinski definition) is 8. The van der Waals surface area contributed by atoms with Crippen LogP contribution in [0, 0.1) is 6.92 Å². The molecule has 0 spiro atoms. The Balaban J connectivity index is 1.29. The molecular weight excluding hydrogens is 510 g/mol. The maximum atomic E-state index is 12.6. The normalized spacial score (nSPS) is 10.8. The summed E-state index contributed by atoms with van der Waals surface area (Å²) in [5, 5.41) is 4.48. The zero-order chi connectivity index (χ0) is 27.9. The van der Waals surface area contributed by atoms with Gasteiger partial charge in [0.25, 0.3) is 0 Å². The van der Waals surface area contributed by atoms with Gasteiger partial charge in [0.05, 0.1) is 19.4 Å². The third kappa shape index (κ3) is 5.99. The van der Waals surface area contributed by atoms with Crippen LogP contribution < -0.4 is 14.2 Å². The summed E-state index contributed by atoms with van der Waals surface area (Å²) in [6.45, 7) is 4.22. The monoisotopic (exact) mass is 539 g/mol. The summed E-state index contributed by atoms with van der Waals surface area (Å²) >= 11 is 0. The molecule has 5 aromatic rings. The standard InChI is InChI=1S/C31H29N3O6/c1-4-37-31(35)25-18-34(24-13-9-6-10-14-24)33-30(25)39-19-22-15-16-27(28(17-22)36-3)38-20-26-21(2)40-29(32-26)23-11-7-5-8-12-23/h5-18H,4,19-20H2,1-3H3. The van der Waals surface area contributed by atoms with Gasteiger partial charge in [-0.3, -0.25) is 0 Å². The maximum Gasteiger partial charge on any atom is 0.345 e. The summed E-state index contributed by atoms with van der Waals surface area (Å²) < 4.78 is 30.2. The Morgan fingerprint density at radius 2 is 1.68 bits per heavy atom. The molecule has 0 N–H and O–H groups in total. The lowest BCUT2D eigenvalue weighted by molar-refractivity contribution is 0.0521. The van der Waals surface area contributed by atoms with Gasteiger partial charge in [0.15, 0.2) is 11.5 Å².